The predicted octanol–water partition coefficient (Wildman–Crippen LogP) is 2.73. The standard InChI is InChI=1S/C12H17F2NO/c1-3-5-9(15-2)8-16-11-7-4-6-10(13)12(11)14/h4,6-7,9,15H,3,5,8H2,1-2H3. The van der Waals surface area contributed by atoms with Gasteiger partial charge >= 0.3 is 0 Å². The molecule has 1 aromatic rings. The van der Waals surface area contributed by atoms with E-state index < -0.39 is 11.6 Å². The fraction of sp³-hybridized carbons (Fsp3) is 0.500. The highest BCUT2D eigenvalue weighted by atomic mass is 19.2. The highest BCUT2D eigenvalue weighted by molar-refractivity contribution is 5.25. The lowest BCUT2D eigenvalue weighted by atomic mass is 10.2. The zero-order valence-electron chi connectivity index (χ0n) is 9.59. The third kappa shape index (κ3) is 3.45. The molecule has 0 saturated carbocycles. The van der Waals surface area contributed by atoms with E-state index in [-0.39, 0.29) is 11.8 Å². The molecule has 90 valence electrons. The monoisotopic (exact) mass is 229 g/mol. The van der Waals surface area contributed by atoms with Gasteiger partial charge in [0.1, 0.15) is 6.61 Å². The molecule has 0 bridgehead atoms. The van der Waals surface area contributed by atoms with Crippen LogP contribution in [-0.2, 0) is 0 Å². The lowest BCUT2D eigenvalue weighted by molar-refractivity contribution is 0.249. The van der Waals surface area contributed by atoms with Crippen LogP contribution in [0, 0.1) is 11.6 Å². The predicted molar refractivity (Wildman–Crippen MR) is 59.6 cm³/mol. The van der Waals surface area contributed by atoms with Crippen molar-refractivity contribution in [3.8, 4) is 5.75 Å². The molecule has 0 aromatic heterocycles. The summed E-state index contributed by atoms with van der Waals surface area (Å²) in [5, 5.41) is 3.07. The van der Waals surface area contributed by atoms with Gasteiger partial charge < -0.3 is 10.1 Å². The Kier molecular flexibility index (Phi) is 5.19. The Morgan fingerprint density at radius 3 is 2.75 bits per heavy atom. The molecular formula is C12H17F2NO. The van der Waals surface area contributed by atoms with E-state index in [4.69, 9.17) is 4.74 Å². The van der Waals surface area contributed by atoms with Crippen LogP contribution in [-0.4, -0.2) is 19.7 Å². The average molecular weight is 229 g/mol. The zero-order chi connectivity index (χ0) is 12.0. The van der Waals surface area contributed by atoms with E-state index in [1.54, 1.807) is 0 Å². The molecule has 1 rings (SSSR count). The fourth-order valence-corrected chi connectivity index (χ4v) is 1.45. The molecule has 1 unspecified atom stereocenters. The SMILES string of the molecule is CCCC(COc1cccc(F)c1F)NC. The Labute approximate surface area is 94.6 Å². The van der Waals surface area contributed by atoms with Crippen molar-refractivity contribution in [1.29, 1.82) is 0 Å². The highest BCUT2D eigenvalue weighted by Gasteiger charge is 2.11. The Bertz CT molecular complexity index is 331. The molecule has 0 radical (unpaired) electrons. The summed E-state index contributed by atoms with van der Waals surface area (Å²) in [6.45, 7) is 2.40. The summed E-state index contributed by atoms with van der Waals surface area (Å²) in [4.78, 5) is 0. The lowest BCUT2D eigenvalue weighted by Gasteiger charge is -2.16. The third-order valence-corrected chi connectivity index (χ3v) is 2.40. The van der Waals surface area contributed by atoms with Gasteiger partial charge in [0.2, 0.25) is 5.82 Å². The first-order valence-electron chi connectivity index (χ1n) is 5.43. The lowest BCUT2D eigenvalue weighted by Crippen LogP contribution is -2.31. The number of rotatable bonds is 6. The largest absolute Gasteiger partial charge is 0.489 e. The first-order chi connectivity index (χ1) is 7.69. The molecule has 0 amide bonds. The summed E-state index contributed by atoms with van der Waals surface area (Å²) in [7, 11) is 1.83. The van der Waals surface area contributed by atoms with E-state index in [2.05, 4.69) is 12.2 Å². The Hall–Kier alpha value is -1.16. The number of ether oxygens (including phenoxy) is 1. The second kappa shape index (κ2) is 6.43. The van der Waals surface area contributed by atoms with Gasteiger partial charge in [-0.1, -0.05) is 19.4 Å². The van der Waals surface area contributed by atoms with E-state index in [0.717, 1.165) is 18.9 Å². The Balaban J connectivity index is 2.56. The van der Waals surface area contributed by atoms with Crippen molar-refractivity contribution in [2.24, 2.45) is 0 Å². The molecule has 1 aromatic carbocycles. The van der Waals surface area contributed by atoms with Crippen molar-refractivity contribution in [3.63, 3.8) is 0 Å². The number of hydrogen-bond acceptors (Lipinski definition) is 2. The van der Waals surface area contributed by atoms with Gasteiger partial charge in [0.05, 0.1) is 0 Å². The molecular weight excluding hydrogens is 212 g/mol. The van der Waals surface area contributed by atoms with Gasteiger partial charge in [-0.25, -0.2) is 4.39 Å². The maximum atomic E-state index is 13.2. The molecule has 0 saturated heterocycles. The van der Waals surface area contributed by atoms with Gasteiger partial charge in [0, 0.05) is 6.04 Å². The minimum atomic E-state index is -0.922. The smallest absolute Gasteiger partial charge is 0.200 e. The zero-order valence-corrected chi connectivity index (χ0v) is 9.59. The van der Waals surface area contributed by atoms with Gasteiger partial charge in [-0.2, -0.15) is 4.39 Å². The summed E-state index contributed by atoms with van der Waals surface area (Å²) < 4.78 is 31.3. The summed E-state index contributed by atoms with van der Waals surface area (Å²) in [5.41, 5.74) is 0. The minimum Gasteiger partial charge on any atom is -0.489 e. The number of benzene rings is 1. The van der Waals surface area contributed by atoms with Crippen LogP contribution in [0.5, 0.6) is 5.75 Å². The van der Waals surface area contributed by atoms with E-state index >= 15 is 0 Å². The molecule has 1 atom stereocenters. The summed E-state index contributed by atoms with van der Waals surface area (Å²) in [6, 6.07) is 4.09. The number of nitrogens with one attached hydrogen (secondary N) is 1. The Morgan fingerprint density at radius 2 is 2.12 bits per heavy atom. The van der Waals surface area contributed by atoms with Crippen molar-refractivity contribution in [1.82, 2.24) is 5.32 Å². The van der Waals surface area contributed by atoms with Gasteiger partial charge in [-0.3, -0.25) is 0 Å². The van der Waals surface area contributed by atoms with Crippen LogP contribution in [0.3, 0.4) is 0 Å². The van der Waals surface area contributed by atoms with E-state index in [1.807, 2.05) is 7.05 Å². The third-order valence-electron chi connectivity index (χ3n) is 2.40. The van der Waals surface area contributed by atoms with Crippen molar-refractivity contribution < 1.29 is 13.5 Å². The topological polar surface area (TPSA) is 21.3 Å². The van der Waals surface area contributed by atoms with Gasteiger partial charge in [0.25, 0.3) is 0 Å². The van der Waals surface area contributed by atoms with Crippen molar-refractivity contribution in [2.75, 3.05) is 13.7 Å². The van der Waals surface area contributed by atoms with E-state index in [0.29, 0.717) is 6.61 Å². The average Bonchev–Trinajstić information content (AvgIpc) is 2.29. The maximum Gasteiger partial charge on any atom is 0.200 e. The van der Waals surface area contributed by atoms with Gasteiger partial charge in [-0.15, -0.1) is 0 Å². The van der Waals surface area contributed by atoms with Crippen molar-refractivity contribution in [3.05, 3.63) is 29.8 Å². The normalized spacial score (nSPS) is 12.5. The molecule has 0 aliphatic heterocycles. The summed E-state index contributed by atoms with van der Waals surface area (Å²) in [5.74, 6) is -1.83. The molecule has 0 heterocycles. The minimum absolute atomic E-state index is 0.0312. The first-order valence-corrected chi connectivity index (χ1v) is 5.43. The molecule has 4 heteroatoms. The van der Waals surface area contributed by atoms with Crippen LogP contribution in [0.2, 0.25) is 0 Å². The van der Waals surface area contributed by atoms with E-state index in [9.17, 15) is 8.78 Å². The first kappa shape index (κ1) is 12.9. The van der Waals surface area contributed by atoms with Crippen LogP contribution in [0.1, 0.15) is 19.8 Å². The molecule has 16 heavy (non-hydrogen) atoms. The van der Waals surface area contributed by atoms with Gasteiger partial charge in [-0.05, 0) is 25.6 Å². The maximum absolute atomic E-state index is 13.2. The second-order valence-electron chi connectivity index (χ2n) is 3.64. The van der Waals surface area contributed by atoms with Crippen LogP contribution < -0.4 is 10.1 Å². The fourth-order valence-electron chi connectivity index (χ4n) is 1.45. The highest BCUT2D eigenvalue weighted by Crippen LogP contribution is 2.19. The van der Waals surface area contributed by atoms with Crippen LogP contribution >= 0.6 is 0 Å². The molecule has 0 aliphatic rings. The molecule has 0 spiro atoms. The number of halogens is 2. The molecule has 2 nitrogen and oxygen atoms in total. The van der Waals surface area contributed by atoms with E-state index in [1.165, 1.54) is 12.1 Å². The molecule has 0 aliphatic carbocycles. The molecule has 1 N–H and O–H groups in total. The Morgan fingerprint density at radius 1 is 1.38 bits per heavy atom. The second-order valence-corrected chi connectivity index (χ2v) is 3.64. The quantitative estimate of drug-likeness (QED) is 0.809. The van der Waals surface area contributed by atoms with Crippen LogP contribution in [0.25, 0.3) is 0 Å². The van der Waals surface area contributed by atoms with Crippen molar-refractivity contribution in [2.45, 2.75) is 25.8 Å². The summed E-state index contributed by atoms with van der Waals surface area (Å²) in [6.07, 6.45) is 1.95. The molecule has 0 fully saturated rings. The summed E-state index contributed by atoms with van der Waals surface area (Å²) >= 11 is 0. The van der Waals surface area contributed by atoms with Crippen LogP contribution in [0.15, 0.2) is 18.2 Å². The number of hydrogen-bond donors (Lipinski definition) is 1. The van der Waals surface area contributed by atoms with Gasteiger partial charge in [0.15, 0.2) is 11.6 Å². The van der Waals surface area contributed by atoms with Crippen LogP contribution in [0.4, 0.5) is 8.78 Å². The number of likely N-dealkylation sites (N-methyl/N-ethyl adjacent to an activating group) is 1. The van der Waals surface area contributed by atoms with Crippen molar-refractivity contribution >= 4 is 0 Å².